The normalized spacial score (nSPS) is 11.3. The van der Waals surface area contributed by atoms with E-state index in [4.69, 9.17) is 0 Å². The van der Waals surface area contributed by atoms with Gasteiger partial charge in [0.05, 0.1) is 4.90 Å². The summed E-state index contributed by atoms with van der Waals surface area (Å²) < 4.78 is 40.6. The molecular weight excluding hydrogens is 381 g/mol. The fourth-order valence-electron chi connectivity index (χ4n) is 2.30. The zero-order valence-electron chi connectivity index (χ0n) is 14.5. The molecule has 0 saturated heterocycles. The van der Waals surface area contributed by atoms with Gasteiger partial charge in [-0.15, -0.1) is 0 Å². The van der Waals surface area contributed by atoms with Crippen LogP contribution in [0.5, 0.6) is 0 Å². The number of carbonyl (C=O) groups is 1. The van der Waals surface area contributed by atoms with Gasteiger partial charge in [0.25, 0.3) is 10.0 Å². The molecular formula is C20H16FN3O3S. The second kappa shape index (κ2) is 8.45. The van der Waals surface area contributed by atoms with Crippen LogP contribution in [0.3, 0.4) is 0 Å². The smallest absolute Gasteiger partial charge is 0.263 e. The zero-order valence-corrected chi connectivity index (χ0v) is 15.4. The number of sulfonamides is 1. The molecule has 0 aliphatic rings. The highest BCUT2D eigenvalue weighted by molar-refractivity contribution is 7.92. The molecule has 3 aromatic rings. The van der Waals surface area contributed by atoms with E-state index in [0.717, 1.165) is 0 Å². The Morgan fingerprint density at radius 3 is 2.36 bits per heavy atom. The number of amides is 1. The first kappa shape index (κ1) is 19.2. The molecule has 1 amide bonds. The predicted molar refractivity (Wildman–Crippen MR) is 106 cm³/mol. The number of anilines is 2. The molecule has 0 atom stereocenters. The summed E-state index contributed by atoms with van der Waals surface area (Å²) in [6, 6.07) is 16.6. The number of aromatic nitrogens is 1. The Hall–Kier alpha value is -3.52. The summed E-state index contributed by atoms with van der Waals surface area (Å²) in [6.07, 6.45) is 4.04. The van der Waals surface area contributed by atoms with E-state index in [1.807, 2.05) is 0 Å². The van der Waals surface area contributed by atoms with E-state index in [1.165, 1.54) is 54.7 Å². The summed E-state index contributed by atoms with van der Waals surface area (Å²) >= 11 is 0. The number of pyridine rings is 1. The van der Waals surface area contributed by atoms with Crippen LogP contribution in [0.15, 0.2) is 83.9 Å². The summed E-state index contributed by atoms with van der Waals surface area (Å²) in [4.78, 5) is 15.9. The summed E-state index contributed by atoms with van der Waals surface area (Å²) in [7, 11) is -3.79. The van der Waals surface area contributed by atoms with Gasteiger partial charge in [-0.25, -0.2) is 17.8 Å². The Morgan fingerprint density at radius 1 is 0.964 bits per heavy atom. The molecule has 0 saturated carbocycles. The number of hydrogen-bond donors (Lipinski definition) is 2. The van der Waals surface area contributed by atoms with Crippen molar-refractivity contribution in [2.24, 2.45) is 0 Å². The zero-order chi connectivity index (χ0) is 20.0. The topological polar surface area (TPSA) is 88.2 Å². The summed E-state index contributed by atoms with van der Waals surface area (Å²) in [5, 5.41) is 2.58. The molecule has 8 heteroatoms. The van der Waals surface area contributed by atoms with Gasteiger partial charge in [-0.2, -0.15) is 0 Å². The van der Waals surface area contributed by atoms with Gasteiger partial charge >= 0.3 is 0 Å². The molecule has 2 N–H and O–H groups in total. The molecule has 2 aromatic carbocycles. The molecule has 0 bridgehead atoms. The van der Waals surface area contributed by atoms with Crippen LogP contribution in [0.25, 0.3) is 6.08 Å². The third kappa shape index (κ3) is 5.01. The first-order valence-corrected chi connectivity index (χ1v) is 9.70. The van der Waals surface area contributed by atoms with Crippen LogP contribution in [0.4, 0.5) is 15.9 Å². The molecule has 0 radical (unpaired) electrons. The van der Waals surface area contributed by atoms with Crippen molar-refractivity contribution in [3.63, 3.8) is 0 Å². The van der Waals surface area contributed by atoms with Crippen LogP contribution in [-0.4, -0.2) is 19.3 Å². The van der Waals surface area contributed by atoms with Crippen molar-refractivity contribution in [3.05, 3.63) is 90.4 Å². The Kier molecular flexibility index (Phi) is 5.81. The van der Waals surface area contributed by atoms with Crippen molar-refractivity contribution in [1.29, 1.82) is 0 Å². The maximum atomic E-state index is 13.5. The summed E-state index contributed by atoms with van der Waals surface area (Å²) in [5.74, 6) is -0.690. The SMILES string of the molecule is O=C(/C=C/c1ccccc1F)Nc1ccc(S(=O)(=O)Nc2ccccn2)cc1. The molecule has 0 unspecified atom stereocenters. The lowest BCUT2D eigenvalue weighted by Gasteiger charge is -2.08. The van der Waals surface area contributed by atoms with Crippen molar-refractivity contribution >= 4 is 33.5 Å². The van der Waals surface area contributed by atoms with Crippen molar-refractivity contribution in [3.8, 4) is 0 Å². The first-order valence-electron chi connectivity index (χ1n) is 8.21. The number of benzene rings is 2. The lowest BCUT2D eigenvalue weighted by atomic mass is 10.2. The van der Waals surface area contributed by atoms with Gasteiger partial charge in [0.2, 0.25) is 5.91 Å². The van der Waals surface area contributed by atoms with E-state index in [1.54, 1.807) is 30.3 Å². The highest BCUT2D eigenvalue weighted by atomic mass is 32.2. The number of hydrogen-bond acceptors (Lipinski definition) is 4. The predicted octanol–water partition coefficient (Wildman–Crippen LogP) is 3.67. The van der Waals surface area contributed by atoms with Crippen LogP contribution in [0.2, 0.25) is 0 Å². The largest absolute Gasteiger partial charge is 0.323 e. The number of rotatable bonds is 6. The minimum absolute atomic E-state index is 0.0260. The average Bonchev–Trinajstić information content (AvgIpc) is 2.68. The molecule has 0 aliphatic carbocycles. The van der Waals surface area contributed by atoms with E-state index in [2.05, 4.69) is 15.0 Å². The molecule has 3 rings (SSSR count). The van der Waals surface area contributed by atoms with E-state index in [-0.39, 0.29) is 10.7 Å². The van der Waals surface area contributed by atoms with E-state index >= 15 is 0 Å². The van der Waals surface area contributed by atoms with Gasteiger partial charge in [-0.05, 0) is 48.5 Å². The molecule has 0 aliphatic heterocycles. The van der Waals surface area contributed by atoms with Crippen LogP contribution in [0, 0.1) is 5.82 Å². The Morgan fingerprint density at radius 2 is 1.68 bits per heavy atom. The third-order valence-electron chi connectivity index (χ3n) is 3.66. The minimum atomic E-state index is -3.79. The lowest BCUT2D eigenvalue weighted by molar-refractivity contribution is -0.111. The van der Waals surface area contributed by atoms with E-state index in [0.29, 0.717) is 11.3 Å². The van der Waals surface area contributed by atoms with Gasteiger partial charge in [0, 0.05) is 23.5 Å². The Bertz CT molecular complexity index is 1100. The van der Waals surface area contributed by atoms with Crippen molar-refractivity contribution in [2.45, 2.75) is 4.90 Å². The molecule has 1 aromatic heterocycles. The lowest BCUT2D eigenvalue weighted by Crippen LogP contribution is -2.14. The molecule has 28 heavy (non-hydrogen) atoms. The van der Waals surface area contributed by atoms with Crippen molar-refractivity contribution in [2.75, 3.05) is 10.0 Å². The van der Waals surface area contributed by atoms with Crippen LogP contribution in [0.1, 0.15) is 5.56 Å². The summed E-state index contributed by atoms with van der Waals surface area (Å²) in [5.41, 5.74) is 0.694. The molecule has 142 valence electrons. The van der Waals surface area contributed by atoms with Gasteiger partial charge in [-0.1, -0.05) is 24.3 Å². The van der Waals surface area contributed by atoms with Gasteiger partial charge in [0.15, 0.2) is 0 Å². The number of nitrogens with one attached hydrogen (secondary N) is 2. The molecule has 0 spiro atoms. The average molecular weight is 397 g/mol. The number of nitrogens with zero attached hydrogens (tertiary/aromatic N) is 1. The van der Waals surface area contributed by atoms with Crippen molar-refractivity contribution in [1.82, 2.24) is 4.98 Å². The number of carbonyl (C=O) groups excluding carboxylic acids is 1. The van der Waals surface area contributed by atoms with Crippen LogP contribution >= 0.6 is 0 Å². The monoisotopic (exact) mass is 397 g/mol. The highest BCUT2D eigenvalue weighted by Crippen LogP contribution is 2.17. The van der Waals surface area contributed by atoms with Gasteiger partial charge < -0.3 is 5.32 Å². The molecule has 6 nitrogen and oxygen atoms in total. The van der Waals surface area contributed by atoms with Gasteiger partial charge in [0.1, 0.15) is 11.6 Å². The third-order valence-corrected chi connectivity index (χ3v) is 5.03. The summed E-state index contributed by atoms with van der Waals surface area (Å²) in [6.45, 7) is 0. The standard InChI is InChI=1S/C20H16FN3O3S/c21-18-6-2-1-5-15(18)8-13-20(25)23-16-9-11-17(12-10-16)28(26,27)24-19-7-3-4-14-22-19/h1-14H,(H,22,24)(H,23,25)/b13-8+. The van der Waals surface area contributed by atoms with Crippen molar-refractivity contribution < 1.29 is 17.6 Å². The first-order chi connectivity index (χ1) is 13.4. The maximum absolute atomic E-state index is 13.5. The number of halogens is 1. The molecule has 1 heterocycles. The Labute approximate surface area is 161 Å². The minimum Gasteiger partial charge on any atom is -0.323 e. The van der Waals surface area contributed by atoms with E-state index < -0.39 is 21.7 Å². The second-order valence-electron chi connectivity index (χ2n) is 5.69. The van der Waals surface area contributed by atoms with Gasteiger partial charge in [-0.3, -0.25) is 9.52 Å². The van der Waals surface area contributed by atoms with Crippen LogP contribution in [-0.2, 0) is 14.8 Å². The maximum Gasteiger partial charge on any atom is 0.263 e. The fourth-order valence-corrected chi connectivity index (χ4v) is 3.31. The van der Waals surface area contributed by atoms with Crippen LogP contribution < -0.4 is 10.0 Å². The highest BCUT2D eigenvalue weighted by Gasteiger charge is 2.14. The molecule has 0 fully saturated rings. The fraction of sp³-hybridized carbons (Fsp3) is 0. The van der Waals surface area contributed by atoms with E-state index in [9.17, 15) is 17.6 Å². The quantitative estimate of drug-likeness (QED) is 0.621. The Balaban J connectivity index is 1.65. The second-order valence-corrected chi connectivity index (χ2v) is 7.37.